The highest BCUT2D eigenvalue weighted by molar-refractivity contribution is 5.65. The molecule has 2 atom stereocenters. The van der Waals surface area contributed by atoms with Crippen LogP contribution in [0, 0.1) is 6.92 Å². The molecule has 2 aliphatic heterocycles. The molecule has 2 aliphatic rings. The van der Waals surface area contributed by atoms with Crippen LogP contribution in [-0.4, -0.2) is 25.2 Å². The highest BCUT2D eigenvalue weighted by Gasteiger charge is 2.35. The van der Waals surface area contributed by atoms with Gasteiger partial charge < -0.3 is 10.2 Å². The molecule has 0 radical (unpaired) electrons. The quantitative estimate of drug-likeness (QED) is 0.689. The van der Waals surface area contributed by atoms with E-state index in [0.717, 1.165) is 13.1 Å². The zero-order valence-electron chi connectivity index (χ0n) is 9.46. The molecule has 80 valence electrons. The van der Waals surface area contributed by atoms with E-state index in [1.165, 1.54) is 23.2 Å². The Kier molecular flexibility index (Phi) is 1.99. The van der Waals surface area contributed by atoms with Crippen molar-refractivity contribution in [2.75, 3.05) is 18.0 Å². The van der Waals surface area contributed by atoms with Crippen molar-refractivity contribution in [1.29, 1.82) is 0 Å². The Labute approximate surface area is 91.3 Å². The molecule has 0 spiro atoms. The van der Waals surface area contributed by atoms with Crippen LogP contribution in [-0.2, 0) is 6.42 Å². The van der Waals surface area contributed by atoms with Crippen LogP contribution >= 0.6 is 0 Å². The number of para-hydroxylation sites is 1. The first-order chi connectivity index (χ1) is 7.27. The van der Waals surface area contributed by atoms with Crippen LogP contribution in [0.5, 0.6) is 0 Å². The molecule has 0 amide bonds. The van der Waals surface area contributed by atoms with Crippen molar-refractivity contribution in [3.05, 3.63) is 29.3 Å². The smallest absolute Gasteiger partial charge is 0.0459 e. The summed E-state index contributed by atoms with van der Waals surface area (Å²) in [5.74, 6) is 0. The predicted octanol–water partition coefficient (Wildman–Crippen LogP) is 1.72. The molecular formula is C13H18N2. The first-order valence-corrected chi connectivity index (χ1v) is 5.85. The number of aryl methyl sites for hydroxylation is 1. The lowest BCUT2D eigenvalue weighted by Gasteiger charge is -2.39. The molecule has 0 bridgehead atoms. The molecule has 0 aromatic heterocycles. The summed E-state index contributed by atoms with van der Waals surface area (Å²) in [6, 6.07) is 8.02. The number of benzene rings is 1. The van der Waals surface area contributed by atoms with Crippen LogP contribution in [0.25, 0.3) is 0 Å². The average molecular weight is 202 g/mol. The molecule has 2 nitrogen and oxygen atoms in total. The normalized spacial score (nSPS) is 28.8. The van der Waals surface area contributed by atoms with E-state index in [-0.39, 0.29) is 0 Å². The van der Waals surface area contributed by atoms with Crippen LogP contribution in [0.4, 0.5) is 5.69 Å². The van der Waals surface area contributed by atoms with Gasteiger partial charge in [0.15, 0.2) is 0 Å². The van der Waals surface area contributed by atoms with Crippen molar-refractivity contribution in [3.63, 3.8) is 0 Å². The number of hydrogen-bond donors (Lipinski definition) is 1. The van der Waals surface area contributed by atoms with Crippen molar-refractivity contribution in [3.8, 4) is 0 Å². The minimum absolute atomic E-state index is 0.631. The second kappa shape index (κ2) is 3.24. The van der Waals surface area contributed by atoms with Gasteiger partial charge in [0.2, 0.25) is 0 Å². The molecule has 1 unspecified atom stereocenters. The minimum Gasteiger partial charge on any atom is -0.363 e. The zero-order chi connectivity index (χ0) is 10.4. The molecule has 2 heterocycles. The summed E-state index contributed by atoms with van der Waals surface area (Å²) in [7, 11) is 0. The molecule has 1 saturated heterocycles. The summed E-state index contributed by atoms with van der Waals surface area (Å²) >= 11 is 0. The maximum absolute atomic E-state index is 3.52. The van der Waals surface area contributed by atoms with Crippen LogP contribution < -0.4 is 10.2 Å². The summed E-state index contributed by atoms with van der Waals surface area (Å²) in [5.41, 5.74) is 4.48. The van der Waals surface area contributed by atoms with E-state index in [4.69, 9.17) is 0 Å². The van der Waals surface area contributed by atoms with Gasteiger partial charge in [0.25, 0.3) is 0 Å². The Bertz CT molecular complexity index is 386. The van der Waals surface area contributed by atoms with Crippen molar-refractivity contribution in [2.24, 2.45) is 0 Å². The van der Waals surface area contributed by atoms with E-state index in [9.17, 15) is 0 Å². The summed E-state index contributed by atoms with van der Waals surface area (Å²) in [6.07, 6.45) is 1.22. The van der Waals surface area contributed by atoms with Crippen molar-refractivity contribution in [2.45, 2.75) is 32.4 Å². The highest BCUT2D eigenvalue weighted by Crippen LogP contribution is 2.37. The number of nitrogens with one attached hydrogen (secondary N) is 1. The van der Waals surface area contributed by atoms with Gasteiger partial charge in [-0.15, -0.1) is 0 Å². The molecule has 1 fully saturated rings. The lowest BCUT2D eigenvalue weighted by Crippen LogP contribution is -2.55. The lowest BCUT2D eigenvalue weighted by molar-refractivity contribution is 0.429. The summed E-state index contributed by atoms with van der Waals surface area (Å²) in [6.45, 7) is 6.80. The SMILES string of the molecule is Cc1cccc2c1N1C(C)CNC[C@@H]1C2. The lowest BCUT2D eigenvalue weighted by atomic mass is 10.1. The van der Waals surface area contributed by atoms with Crippen molar-refractivity contribution >= 4 is 5.69 Å². The minimum atomic E-state index is 0.631. The number of fused-ring (bicyclic) bond motifs is 3. The van der Waals surface area contributed by atoms with E-state index in [0.29, 0.717) is 12.1 Å². The Hall–Kier alpha value is -1.02. The van der Waals surface area contributed by atoms with Crippen LogP contribution in [0.2, 0.25) is 0 Å². The summed E-state index contributed by atoms with van der Waals surface area (Å²) in [5, 5.41) is 3.52. The molecule has 1 aromatic carbocycles. The molecule has 0 saturated carbocycles. The van der Waals surface area contributed by atoms with Gasteiger partial charge in [-0.1, -0.05) is 18.2 Å². The van der Waals surface area contributed by atoms with E-state index >= 15 is 0 Å². The Morgan fingerprint density at radius 3 is 3.07 bits per heavy atom. The maximum atomic E-state index is 3.52. The predicted molar refractivity (Wildman–Crippen MR) is 63.5 cm³/mol. The summed E-state index contributed by atoms with van der Waals surface area (Å²) in [4.78, 5) is 2.63. The number of piperazine rings is 1. The Morgan fingerprint density at radius 1 is 1.33 bits per heavy atom. The molecule has 0 aliphatic carbocycles. The number of nitrogens with zero attached hydrogens (tertiary/aromatic N) is 1. The Morgan fingerprint density at radius 2 is 2.20 bits per heavy atom. The van der Waals surface area contributed by atoms with Gasteiger partial charge in [0, 0.05) is 30.9 Å². The molecule has 15 heavy (non-hydrogen) atoms. The standard InChI is InChI=1S/C13H18N2/c1-9-4-3-5-11-6-12-8-14-7-10(2)15(12)13(9)11/h3-5,10,12,14H,6-8H2,1-2H3/t10?,12-/m0/s1. The fraction of sp³-hybridized carbons (Fsp3) is 0.538. The fourth-order valence-electron chi connectivity index (χ4n) is 3.10. The van der Waals surface area contributed by atoms with Gasteiger partial charge in [0.1, 0.15) is 0 Å². The van der Waals surface area contributed by atoms with Gasteiger partial charge in [-0.3, -0.25) is 0 Å². The molecule has 1 N–H and O–H groups in total. The van der Waals surface area contributed by atoms with Crippen molar-refractivity contribution < 1.29 is 0 Å². The molecule has 2 heteroatoms. The second-order valence-electron chi connectivity index (χ2n) is 4.86. The van der Waals surface area contributed by atoms with Crippen LogP contribution in [0.15, 0.2) is 18.2 Å². The largest absolute Gasteiger partial charge is 0.363 e. The first kappa shape index (κ1) is 9.22. The van der Waals surface area contributed by atoms with Gasteiger partial charge >= 0.3 is 0 Å². The summed E-state index contributed by atoms with van der Waals surface area (Å²) < 4.78 is 0. The Balaban J connectivity index is 2.08. The highest BCUT2D eigenvalue weighted by atomic mass is 15.3. The van der Waals surface area contributed by atoms with Crippen molar-refractivity contribution in [1.82, 2.24) is 5.32 Å². The third kappa shape index (κ3) is 1.28. The zero-order valence-corrected chi connectivity index (χ0v) is 9.46. The monoisotopic (exact) mass is 202 g/mol. The fourth-order valence-corrected chi connectivity index (χ4v) is 3.10. The van der Waals surface area contributed by atoms with Gasteiger partial charge in [0.05, 0.1) is 0 Å². The molecule has 3 rings (SSSR count). The first-order valence-electron chi connectivity index (χ1n) is 5.85. The average Bonchev–Trinajstić information content (AvgIpc) is 2.58. The molecule has 1 aromatic rings. The number of rotatable bonds is 0. The topological polar surface area (TPSA) is 15.3 Å². The number of hydrogen-bond acceptors (Lipinski definition) is 2. The third-order valence-corrected chi connectivity index (χ3v) is 3.72. The van der Waals surface area contributed by atoms with E-state index < -0.39 is 0 Å². The van der Waals surface area contributed by atoms with E-state index in [2.05, 4.69) is 42.3 Å². The van der Waals surface area contributed by atoms with E-state index in [1.54, 1.807) is 0 Å². The number of anilines is 1. The van der Waals surface area contributed by atoms with Crippen LogP contribution in [0.1, 0.15) is 18.1 Å². The van der Waals surface area contributed by atoms with Gasteiger partial charge in [-0.2, -0.15) is 0 Å². The third-order valence-electron chi connectivity index (χ3n) is 3.72. The van der Waals surface area contributed by atoms with Gasteiger partial charge in [-0.05, 0) is 31.4 Å². The van der Waals surface area contributed by atoms with E-state index in [1.807, 2.05) is 0 Å². The van der Waals surface area contributed by atoms with Crippen LogP contribution in [0.3, 0.4) is 0 Å². The van der Waals surface area contributed by atoms with Gasteiger partial charge in [-0.25, -0.2) is 0 Å². The molecular weight excluding hydrogens is 184 g/mol. The second-order valence-corrected chi connectivity index (χ2v) is 4.86. The maximum Gasteiger partial charge on any atom is 0.0459 e.